The first-order valence-corrected chi connectivity index (χ1v) is 7.42. The molecular formula is C15H19ClFNO5. The van der Waals surface area contributed by atoms with Gasteiger partial charge in [-0.1, -0.05) is 17.7 Å². The van der Waals surface area contributed by atoms with Crippen molar-refractivity contribution in [2.45, 2.75) is 26.0 Å². The van der Waals surface area contributed by atoms with E-state index in [2.05, 4.69) is 5.32 Å². The van der Waals surface area contributed by atoms with Gasteiger partial charge in [0.1, 0.15) is 11.9 Å². The summed E-state index contributed by atoms with van der Waals surface area (Å²) in [7, 11) is 0. The molecule has 0 fully saturated rings. The van der Waals surface area contributed by atoms with E-state index in [1.54, 1.807) is 0 Å². The van der Waals surface area contributed by atoms with E-state index >= 15 is 0 Å². The van der Waals surface area contributed by atoms with Crippen LogP contribution in [0.2, 0.25) is 5.02 Å². The van der Waals surface area contributed by atoms with Crippen molar-refractivity contribution in [2.24, 2.45) is 0 Å². The van der Waals surface area contributed by atoms with Crippen LogP contribution in [-0.2, 0) is 19.1 Å². The molecule has 8 heteroatoms. The number of carbonyl (C=O) groups excluding carboxylic acids is 1. The number of carboxylic acid groups (broad SMARTS) is 1. The smallest absolute Gasteiger partial charge is 0.330 e. The molecule has 0 aliphatic carbocycles. The third-order valence-corrected chi connectivity index (χ3v) is 3.29. The van der Waals surface area contributed by atoms with Crippen LogP contribution < -0.4 is 5.32 Å². The van der Waals surface area contributed by atoms with Gasteiger partial charge in [-0.3, -0.25) is 4.79 Å². The molecule has 0 aromatic heterocycles. The lowest BCUT2D eigenvalue weighted by atomic mass is 10.1. The molecule has 0 saturated heterocycles. The van der Waals surface area contributed by atoms with Gasteiger partial charge in [-0.2, -0.15) is 0 Å². The predicted octanol–water partition coefficient (Wildman–Crippen LogP) is 2.16. The lowest BCUT2D eigenvalue weighted by Gasteiger charge is -2.18. The monoisotopic (exact) mass is 347 g/mol. The number of hydrogen-bond donors (Lipinski definition) is 2. The first kappa shape index (κ1) is 19.3. The number of halogens is 2. The van der Waals surface area contributed by atoms with Crippen molar-refractivity contribution in [1.82, 2.24) is 5.32 Å². The number of ether oxygens (including phenoxy) is 2. The molecule has 1 amide bonds. The van der Waals surface area contributed by atoms with Crippen molar-refractivity contribution in [3.8, 4) is 0 Å². The van der Waals surface area contributed by atoms with Gasteiger partial charge in [0.2, 0.25) is 5.91 Å². The van der Waals surface area contributed by atoms with Crippen molar-refractivity contribution in [3.63, 3.8) is 0 Å². The van der Waals surface area contributed by atoms with Crippen LogP contribution in [0.25, 0.3) is 0 Å². The summed E-state index contributed by atoms with van der Waals surface area (Å²) in [5.74, 6) is -2.70. The summed E-state index contributed by atoms with van der Waals surface area (Å²) in [6.45, 7) is 4.39. The summed E-state index contributed by atoms with van der Waals surface area (Å²) in [6.07, 6.45) is -0.866. The van der Waals surface area contributed by atoms with Crippen molar-refractivity contribution in [3.05, 3.63) is 34.6 Å². The second kappa shape index (κ2) is 9.44. The van der Waals surface area contributed by atoms with Gasteiger partial charge in [0.15, 0.2) is 6.04 Å². The van der Waals surface area contributed by atoms with E-state index in [0.717, 1.165) is 6.07 Å². The van der Waals surface area contributed by atoms with Crippen LogP contribution in [0.3, 0.4) is 0 Å². The van der Waals surface area contributed by atoms with E-state index in [1.807, 2.05) is 6.92 Å². The number of carbonyl (C=O) groups is 2. The minimum absolute atomic E-state index is 0.0780. The van der Waals surface area contributed by atoms with Crippen molar-refractivity contribution in [2.75, 3.05) is 19.8 Å². The van der Waals surface area contributed by atoms with Crippen LogP contribution in [0.15, 0.2) is 18.2 Å². The number of carboxylic acids is 1. The fourth-order valence-electron chi connectivity index (χ4n) is 1.74. The molecular weight excluding hydrogens is 329 g/mol. The maximum absolute atomic E-state index is 13.5. The SMILES string of the molecule is CCOCCOC(C)C(=O)NC(C(=O)O)c1ccc(Cl)c(F)c1. The molecule has 0 radical (unpaired) electrons. The Balaban J connectivity index is 2.70. The first-order chi connectivity index (χ1) is 10.9. The Kier molecular flexibility index (Phi) is 7.94. The number of benzene rings is 1. The third kappa shape index (κ3) is 6.13. The summed E-state index contributed by atoms with van der Waals surface area (Å²) in [4.78, 5) is 23.3. The minimum atomic E-state index is -1.40. The maximum Gasteiger partial charge on any atom is 0.330 e. The number of rotatable bonds is 9. The molecule has 6 nitrogen and oxygen atoms in total. The topological polar surface area (TPSA) is 84.9 Å². The highest BCUT2D eigenvalue weighted by atomic mass is 35.5. The van der Waals surface area contributed by atoms with Crippen LogP contribution in [0.4, 0.5) is 4.39 Å². The summed E-state index contributed by atoms with van der Waals surface area (Å²) >= 11 is 5.56. The molecule has 0 saturated carbocycles. The Morgan fingerprint density at radius 1 is 1.39 bits per heavy atom. The molecule has 0 spiro atoms. The van der Waals surface area contributed by atoms with Crippen molar-refractivity contribution < 1.29 is 28.6 Å². The van der Waals surface area contributed by atoms with E-state index in [4.69, 9.17) is 21.1 Å². The standard InChI is InChI=1S/C15H19ClFNO5/c1-3-22-6-7-23-9(2)14(19)18-13(15(20)21)10-4-5-11(16)12(17)8-10/h4-5,8-9,13H,3,6-7H2,1-2H3,(H,18,19)(H,20,21). The Morgan fingerprint density at radius 2 is 2.09 bits per heavy atom. The van der Waals surface area contributed by atoms with E-state index in [1.165, 1.54) is 19.1 Å². The highest BCUT2D eigenvalue weighted by Crippen LogP contribution is 2.20. The van der Waals surface area contributed by atoms with E-state index < -0.39 is 29.8 Å². The van der Waals surface area contributed by atoms with Crippen molar-refractivity contribution >= 4 is 23.5 Å². The molecule has 0 aliphatic heterocycles. The van der Waals surface area contributed by atoms with Gasteiger partial charge in [0.05, 0.1) is 18.2 Å². The van der Waals surface area contributed by atoms with Crippen LogP contribution in [0.1, 0.15) is 25.5 Å². The van der Waals surface area contributed by atoms with Crippen LogP contribution in [-0.4, -0.2) is 42.9 Å². The average Bonchev–Trinajstić information content (AvgIpc) is 2.51. The summed E-state index contributed by atoms with van der Waals surface area (Å²) in [5.41, 5.74) is 0.0780. The second-order valence-corrected chi connectivity index (χ2v) is 5.07. The van der Waals surface area contributed by atoms with Crippen molar-refractivity contribution in [1.29, 1.82) is 0 Å². The van der Waals surface area contributed by atoms with Gasteiger partial charge in [-0.25, -0.2) is 9.18 Å². The molecule has 1 aromatic carbocycles. The Labute approximate surface area is 138 Å². The van der Waals surface area contributed by atoms with E-state index in [0.29, 0.717) is 13.2 Å². The highest BCUT2D eigenvalue weighted by Gasteiger charge is 2.25. The third-order valence-electron chi connectivity index (χ3n) is 2.98. The molecule has 0 heterocycles. The highest BCUT2D eigenvalue weighted by molar-refractivity contribution is 6.30. The Bertz CT molecular complexity index is 555. The Morgan fingerprint density at radius 3 is 2.65 bits per heavy atom. The average molecular weight is 348 g/mol. The lowest BCUT2D eigenvalue weighted by molar-refractivity contribution is -0.144. The van der Waals surface area contributed by atoms with Gasteiger partial charge in [0, 0.05) is 6.61 Å². The van der Waals surface area contributed by atoms with Crippen LogP contribution in [0.5, 0.6) is 0 Å². The summed E-state index contributed by atoms with van der Waals surface area (Å²) in [6, 6.07) is 2.15. The molecule has 1 aromatic rings. The quantitative estimate of drug-likeness (QED) is 0.669. The van der Waals surface area contributed by atoms with Gasteiger partial charge in [-0.05, 0) is 31.5 Å². The number of amides is 1. The number of aliphatic carboxylic acids is 1. The first-order valence-electron chi connectivity index (χ1n) is 7.04. The molecule has 1 rings (SSSR count). The largest absolute Gasteiger partial charge is 0.479 e. The molecule has 2 N–H and O–H groups in total. The normalized spacial score (nSPS) is 13.4. The predicted molar refractivity (Wildman–Crippen MR) is 81.8 cm³/mol. The zero-order valence-electron chi connectivity index (χ0n) is 12.8. The van der Waals surface area contributed by atoms with Gasteiger partial charge >= 0.3 is 5.97 Å². The van der Waals surface area contributed by atoms with E-state index in [9.17, 15) is 19.1 Å². The molecule has 23 heavy (non-hydrogen) atoms. The molecule has 2 unspecified atom stereocenters. The second-order valence-electron chi connectivity index (χ2n) is 4.66. The fourth-order valence-corrected chi connectivity index (χ4v) is 1.86. The molecule has 0 aliphatic rings. The van der Waals surface area contributed by atoms with Gasteiger partial charge in [-0.15, -0.1) is 0 Å². The van der Waals surface area contributed by atoms with Gasteiger partial charge < -0.3 is 19.9 Å². The van der Waals surface area contributed by atoms with Crippen LogP contribution in [0, 0.1) is 5.82 Å². The summed E-state index contributed by atoms with van der Waals surface area (Å²) in [5, 5.41) is 11.4. The van der Waals surface area contributed by atoms with Crippen LogP contribution >= 0.6 is 11.6 Å². The minimum Gasteiger partial charge on any atom is -0.479 e. The molecule has 128 valence electrons. The zero-order valence-corrected chi connectivity index (χ0v) is 13.6. The lowest BCUT2D eigenvalue weighted by Crippen LogP contribution is -2.40. The fraction of sp³-hybridized carbons (Fsp3) is 0.467. The van der Waals surface area contributed by atoms with Gasteiger partial charge in [0.25, 0.3) is 0 Å². The van der Waals surface area contributed by atoms with E-state index in [-0.39, 0.29) is 17.2 Å². The number of hydrogen-bond acceptors (Lipinski definition) is 4. The zero-order chi connectivity index (χ0) is 17.4. The molecule has 2 atom stereocenters. The summed E-state index contributed by atoms with van der Waals surface area (Å²) < 4.78 is 23.8. The Hall–Kier alpha value is -1.70. The molecule has 0 bridgehead atoms. The maximum atomic E-state index is 13.5. The number of nitrogens with one attached hydrogen (secondary N) is 1.